The van der Waals surface area contributed by atoms with Gasteiger partial charge in [-0.1, -0.05) is 0 Å². The number of carbonyl (C=O) groups excluding carboxylic acids is 2. The number of methoxy groups -OCH3 is 2. The number of fused-ring (bicyclic) bond motifs is 6. The van der Waals surface area contributed by atoms with Gasteiger partial charge in [-0.15, -0.1) is 0 Å². The molecule has 7 heteroatoms. The summed E-state index contributed by atoms with van der Waals surface area (Å²) in [5, 5.41) is 0. The lowest BCUT2D eigenvalue weighted by molar-refractivity contribution is -0.150. The van der Waals surface area contributed by atoms with E-state index < -0.39 is 0 Å². The smallest absolute Gasteiger partial charge is 0.338 e. The number of nitrogens with zero attached hydrogens (tertiary/aromatic N) is 2. The highest BCUT2D eigenvalue weighted by molar-refractivity contribution is 5.90. The molecule has 4 aliphatic heterocycles. The molecule has 168 valence electrons. The zero-order chi connectivity index (χ0) is 21.5. The Balaban J connectivity index is 1.25. The van der Waals surface area contributed by atoms with Crippen LogP contribution in [0.3, 0.4) is 0 Å². The first-order valence-corrected chi connectivity index (χ1v) is 11.5. The normalized spacial score (nSPS) is 32.6. The fourth-order valence-electron chi connectivity index (χ4n) is 6.34. The molecule has 31 heavy (non-hydrogen) atoms. The third-order valence-corrected chi connectivity index (χ3v) is 7.81. The number of amides is 1. The van der Waals surface area contributed by atoms with Crippen LogP contribution in [0.1, 0.15) is 48.9 Å². The molecule has 0 aliphatic carbocycles. The Morgan fingerprint density at radius 1 is 1.00 bits per heavy atom. The van der Waals surface area contributed by atoms with Crippen LogP contribution in [0.2, 0.25) is 0 Å². The van der Waals surface area contributed by atoms with Crippen LogP contribution in [0.15, 0.2) is 18.2 Å². The average Bonchev–Trinajstić information content (AvgIpc) is 2.79. The number of piperidine rings is 4. The Morgan fingerprint density at radius 2 is 1.81 bits per heavy atom. The fourth-order valence-corrected chi connectivity index (χ4v) is 6.34. The largest absolute Gasteiger partial charge is 0.493 e. The molecule has 4 unspecified atom stereocenters. The molecule has 0 spiro atoms. The molecule has 4 heterocycles. The number of ether oxygens (including phenoxy) is 3. The van der Waals surface area contributed by atoms with Gasteiger partial charge in [0.1, 0.15) is 6.10 Å². The molecule has 0 aromatic heterocycles. The highest BCUT2D eigenvalue weighted by Crippen LogP contribution is 2.43. The van der Waals surface area contributed by atoms with Gasteiger partial charge in [0.2, 0.25) is 5.91 Å². The first-order chi connectivity index (χ1) is 15.1. The van der Waals surface area contributed by atoms with E-state index >= 15 is 0 Å². The van der Waals surface area contributed by atoms with Crippen molar-refractivity contribution in [3.63, 3.8) is 0 Å². The van der Waals surface area contributed by atoms with E-state index in [0.717, 1.165) is 45.3 Å². The maximum atomic E-state index is 12.8. The van der Waals surface area contributed by atoms with Crippen molar-refractivity contribution in [2.24, 2.45) is 11.8 Å². The van der Waals surface area contributed by atoms with E-state index in [-0.39, 0.29) is 12.1 Å². The fraction of sp³-hybridized carbons (Fsp3) is 0.667. The van der Waals surface area contributed by atoms with Gasteiger partial charge in [-0.2, -0.15) is 0 Å². The first-order valence-electron chi connectivity index (χ1n) is 11.5. The van der Waals surface area contributed by atoms with Crippen molar-refractivity contribution in [2.45, 2.75) is 56.7 Å². The Labute approximate surface area is 183 Å². The SMILES string of the molecule is COc1ccc(C(=O)O[C@H]2CCN3CC4CC(CN5C(=O)CCCC45)C3C2)cc1OC. The Kier molecular flexibility index (Phi) is 5.54. The molecule has 0 N–H and O–H groups in total. The predicted octanol–water partition coefficient (Wildman–Crippen LogP) is 2.72. The van der Waals surface area contributed by atoms with Crippen molar-refractivity contribution >= 4 is 11.9 Å². The summed E-state index contributed by atoms with van der Waals surface area (Å²) in [4.78, 5) is 30.1. The molecule has 4 saturated heterocycles. The van der Waals surface area contributed by atoms with E-state index in [1.54, 1.807) is 32.4 Å². The molecule has 0 radical (unpaired) electrons. The Morgan fingerprint density at radius 3 is 2.61 bits per heavy atom. The number of benzene rings is 1. The summed E-state index contributed by atoms with van der Waals surface area (Å²) in [6.45, 7) is 2.91. The second-order valence-electron chi connectivity index (χ2n) is 9.45. The van der Waals surface area contributed by atoms with Gasteiger partial charge in [-0.3, -0.25) is 9.69 Å². The highest BCUT2D eigenvalue weighted by Gasteiger charge is 2.49. The van der Waals surface area contributed by atoms with Crippen molar-refractivity contribution in [1.29, 1.82) is 0 Å². The Bertz CT molecular complexity index is 858. The lowest BCUT2D eigenvalue weighted by Crippen LogP contribution is -2.65. The maximum Gasteiger partial charge on any atom is 0.338 e. The van der Waals surface area contributed by atoms with Crippen LogP contribution < -0.4 is 9.47 Å². The summed E-state index contributed by atoms with van der Waals surface area (Å²) < 4.78 is 16.5. The predicted molar refractivity (Wildman–Crippen MR) is 114 cm³/mol. The molecule has 1 aromatic rings. The molecule has 0 saturated carbocycles. The average molecular weight is 429 g/mol. The van der Waals surface area contributed by atoms with Gasteiger partial charge in [0.05, 0.1) is 19.8 Å². The molecule has 5 rings (SSSR count). The molecular formula is C24H32N2O5. The summed E-state index contributed by atoms with van der Waals surface area (Å²) in [6, 6.07) is 5.95. The second-order valence-corrected chi connectivity index (χ2v) is 9.45. The molecule has 1 aromatic carbocycles. The van der Waals surface area contributed by atoms with E-state index in [2.05, 4.69) is 9.80 Å². The second kappa shape index (κ2) is 8.34. The summed E-state index contributed by atoms with van der Waals surface area (Å²) >= 11 is 0. The summed E-state index contributed by atoms with van der Waals surface area (Å²) in [5.74, 6) is 2.22. The van der Waals surface area contributed by atoms with Gasteiger partial charge in [-0.25, -0.2) is 4.79 Å². The quantitative estimate of drug-likeness (QED) is 0.687. The summed E-state index contributed by atoms with van der Waals surface area (Å²) in [5.41, 5.74) is 0.475. The van der Waals surface area contributed by atoms with E-state index in [1.165, 1.54) is 6.42 Å². The Hall–Kier alpha value is -2.28. The number of carbonyl (C=O) groups is 2. The number of esters is 1. The van der Waals surface area contributed by atoms with Gasteiger partial charge in [0, 0.05) is 44.6 Å². The van der Waals surface area contributed by atoms with Crippen LogP contribution in [0.25, 0.3) is 0 Å². The monoisotopic (exact) mass is 428 g/mol. The molecule has 5 atom stereocenters. The van der Waals surface area contributed by atoms with Gasteiger partial charge in [0.15, 0.2) is 11.5 Å². The van der Waals surface area contributed by atoms with Crippen molar-refractivity contribution in [1.82, 2.24) is 9.80 Å². The minimum atomic E-state index is -0.317. The zero-order valence-electron chi connectivity index (χ0n) is 18.4. The number of hydrogen-bond donors (Lipinski definition) is 0. The molecule has 7 nitrogen and oxygen atoms in total. The van der Waals surface area contributed by atoms with Gasteiger partial charge in [0.25, 0.3) is 0 Å². The van der Waals surface area contributed by atoms with Gasteiger partial charge < -0.3 is 19.1 Å². The van der Waals surface area contributed by atoms with Crippen molar-refractivity contribution < 1.29 is 23.8 Å². The minimum absolute atomic E-state index is 0.0897. The van der Waals surface area contributed by atoms with Crippen LogP contribution in [0.4, 0.5) is 0 Å². The van der Waals surface area contributed by atoms with E-state index in [9.17, 15) is 9.59 Å². The molecule has 4 aliphatic rings. The van der Waals surface area contributed by atoms with Crippen LogP contribution >= 0.6 is 0 Å². The van der Waals surface area contributed by atoms with Crippen molar-refractivity contribution in [3.8, 4) is 11.5 Å². The van der Waals surface area contributed by atoms with E-state index in [0.29, 0.717) is 53.3 Å². The highest BCUT2D eigenvalue weighted by atomic mass is 16.5. The van der Waals surface area contributed by atoms with Crippen LogP contribution in [0, 0.1) is 11.8 Å². The number of rotatable bonds is 4. The van der Waals surface area contributed by atoms with Crippen LogP contribution in [0.5, 0.6) is 11.5 Å². The van der Waals surface area contributed by atoms with E-state index in [4.69, 9.17) is 14.2 Å². The lowest BCUT2D eigenvalue weighted by atomic mass is 9.70. The van der Waals surface area contributed by atoms with Crippen LogP contribution in [-0.2, 0) is 9.53 Å². The minimum Gasteiger partial charge on any atom is -0.493 e. The number of hydrogen-bond acceptors (Lipinski definition) is 6. The van der Waals surface area contributed by atoms with Crippen LogP contribution in [-0.4, -0.2) is 73.7 Å². The third kappa shape index (κ3) is 3.77. The molecular weight excluding hydrogens is 396 g/mol. The lowest BCUT2D eigenvalue weighted by Gasteiger charge is -2.57. The van der Waals surface area contributed by atoms with Gasteiger partial charge >= 0.3 is 5.97 Å². The summed E-state index contributed by atoms with van der Waals surface area (Å²) in [6.07, 6.45) is 5.73. The van der Waals surface area contributed by atoms with Crippen molar-refractivity contribution in [2.75, 3.05) is 33.9 Å². The standard InChI is InChI=1S/C24H32N2O5/c1-29-21-7-6-15(11-22(21)30-2)24(28)31-18-8-9-25-13-16-10-17(20(25)12-18)14-26-19(16)4-3-5-23(26)27/h6-7,11,16-20H,3-5,8-10,12-14H2,1-2H3/t16?,17?,18-,19?,20?/m0/s1. The third-order valence-electron chi connectivity index (χ3n) is 7.81. The molecule has 1 amide bonds. The van der Waals surface area contributed by atoms with E-state index in [1.807, 2.05) is 0 Å². The molecule has 2 bridgehead atoms. The first kappa shape index (κ1) is 20.6. The van der Waals surface area contributed by atoms with Crippen molar-refractivity contribution in [3.05, 3.63) is 23.8 Å². The van der Waals surface area contributed by atoms with Gasteiger partial charge in [-0.05, 0) is 55.7 Å². The molecule has 4 fully saturated rings. The summed E-state index contributed by atoms with van der Waals surface area (Å²) in [7, 11) is 3.13. The topological polar surface area (TPSA) is 68.3 Å². The maximum absolute atomic E-state index is 12.8. The zero-order valence-corrected chi connectivity index (χ0v) is 18.4.